The molecule has 0 aliphatic carbocycles. The van der Waals surface area contributed by atoms with Crippen molar-refractivity contribution in [3.63, 3.8) is 0 Å². The molecular formula is C13H28N4O2S. The molecule has 6 nitrogen and oxygen atoms in total. The van der Waals surface area contributed by atoms with E-state index in [4.69, 9.17) is 0 Å². The van der Waals surface area contributed by atoms with Gasteiger partial charge in [0, 0.05) is 59.4 Å². The van der Waals surface area contributed by atoms with E-state index in [1.54, 1.807) is 11.4 Å². The highest BCUT2D eigenvalue weighted by Crippen LogP contribution is 2.15. The van der Waals surface area contributed by atoms with Crippen molar-refractivity contribution in [2.45, 2.75) is 25.7 Å². The number of hydrogen-bond acceptors (Lipinski definition) is 4. The molecule has 1 N–H and O–H groups in total. The molecule has 0 aromatic rings. The molecule has 2 heterocycles. The van der Waals surface area contributed by atoms with Crippen molar-refractivity contribution in [1.82, 2.24) is 18.8 Å². The van der Waals surface area contributed by atoms with Gasteiger partial charge in [-0.25, -0.2) is 0 Å². The second kappa shape index (κ2) is 7.70. The standard InChI is InChI=1S/C13H28N4O2S/c1-15(12-13-16-10-6-14-7-11-16)20(18,19)17-8-4-2-3-5-9-17/h14H,2-13H2,1H3. The van der Waals surface area contributed by atoms with Crippen LogP contribution in [0.25, 0.3) is 0 Å². The number of hydrogen-bond donors (Lipinski definition) is 1. The molecule has 0 radical (unpaired) electrons. The molecule has 7 heteroatoms. The van der Waals surface area contributed by atoms with Gasteiger partial charge in [0.05, 0.1) is 0 Å². The topological polar surface area (TPSA) is 55.9 Å². The van der Waals surface area contributed by atoms with Gasteiger partial charge in [0.15, 0.2) is 0 Å². The third-order valence-electron chi connectivity index (χ3n) is 4.23. The molecule has 2 saturated heterocycles. The first-order chi connectivity index (χ1) is 9.60. The van der Waals surface area contributed by atoms with Crippen molar-refractivity contribution in [3.8, 4) is 0 Å². The number of nitrogens with zero attached hydrogens (tertiary/aromatic N) is 3. The molecule has 0 unspecified atom stereocenters. The summed E-state index contributed by atoms with van der Waals surface area (Å²) in [7, 11) is -1.55. The molecule has 0 aromatic heterocycles. The van der Waals surface area contributed by atoms with E-state index in [0.29, 0.717) is 19.6 Å². The molecule has 2 rings (SSSR count). The average molecular weight is 304 g/mol. The molecule has 0 saturated carbocycles. The van der Waals surface area contributed by atoms with Crippen LogP contribution in [0.2, 0.25) is 0 Å². The van der Waals surface area contributed by atoms with Crippen LogP contribution in [0.15, 0.2) is 0 Å². The van der Waals surface area contributed by atoms with Crippen LogP contribution in [0.5, 0.6) is 0 Å². The Labute approximate surface area is 123 Å². The highest BCUT2D eigenvalue weighted by Gasteiger charge is 2.27. The first-order valence-corrected chi connectivity index (χ1v) is 9.15. The second-order valence-corrected chi connectivity index (χ2v) is 7.77. The lowest BCUT2D eigenvalue weighted by Crippen LogP contribution is -2.48. The maximum atomic E-state index is 12.5. The van der Waals surface area contributed by atoms with Gasteiger partial charge in [-0.15, -0.1) is 0 Å². The fourth-order valence-electron chi connectivity index (χ4n) is 2.80. The van der Waals surface area contributed by atoms with Gasteiger partial charge in [0.25, 0.3) is 10.2 Å². The molecule has 118 valence electrons. The minimum atomic E-state index is -3.26. The number of rotatable bonds is 5. The Morgan fingerprint density at radius 2 is 1.60 bits per heavy atom. The molecule has 2 aliphatic heterocycles. The van der Waals surface area contributed by atoms with Gasteiger partial charge in [0.1, 0.15) is 0 Å². The van der Waals surface area contributed by atoms with E-state index in [2.05, 4.69) is 10.2 Å². The van der Waals surface area contributed by atoms with Crippen molar-refractivity contribution >= 4 is 10.2 Å². The van der Waals surface area contributed by atoms with Crippen LogP contribution < -0.4 is 5.32 Å². The van der Waals surface area contributed by atoms with E-state index in [9.17, 15) is 8.42 Å². The normalized spacial score (nSPS) is 23.9. The van der Waals surface area contributed by atoms with Gasteiger partial charge in [-0.1, -0.05) is 12.8 Å². The Bertz CT molecular complexity index is 374. The Morgan fingerprint density at radius 3 is 2.20 bits per heavy atom. The average Bonchev–Trinajstić information content (AvgIpc) is 2.75. The van der Waals surface area contributed by atoms with E-state index in [1.165, 1.54) is 4.31 Å². The van der Waals surface area contributed by atoms with Gasteiger partial charge >= 0.3 is 0 Å². The summed E-state index contributed by atoms with van der Waals surface area (Å²) in [6.07, 6.45) is 4.28. The third kappa shape index (κ3) is 4.39. The Kier molecular flexibility index (Phi) is 6.22. The molecule has 0 aromatic carbocycles. The summed E-state index contributed by atoms with van der Waals surface area (Å²) in [5.74, 6) is 0. The minimum absolute atomic E-state index is 0.582. The number of piperazine rings is 1. The highest BCUT2D eigenvalue weighted by atomic mass is 32.2. The summed E-state index contributed by atoms with van der Waals surface area (Å²) in [6.45, 7) is 6.80. The zero-order valence-electron chi connectivity index (χ0n) is 12.6. The zero-order chi connectivity index (χ0) is 14.4. The van der Waals surface area contributed by atoms with E-state index >= 15 is 0 Å². The van der Waals surface area contributed by atoms with E-state index in [-0.39, 0.29) is 0 Å². The second-order valence-electron chi connectivity index (χ2n) is 5.73. The lowest BCUT2D eigenvalue weighted by molar-refractivity contribution is 0.226. The summed E-state index contributed by atoms with van der Waals surface area (Å²) in [5.41, 5.74) is 0. The first kappa shape index (κ1) is 16.2. The maximum absolute atomic E-state index is 12.5. The first-order valence-electron chi connectivity index (χ1n) is 7.75. The van der Waals surface area contributed by atoms with Crippen molar-refractivity contribution in [2.75, 3.05) is 59.4 Å². The smallest absolute Gasteiger partial charge is 0.281 e. The lowest BCUT2D eigenvalue weighted by atomic mass is 10.2. The lowest BCUT2D eigenvalue weighted by Gasteiger charge is -2.31. The predicted molar refractivity (Wildman–Crippen MR) is 80.9 cm³/mol. The maximum Gasteiger partial charge on any atom is 0.281 e. The van der Waals surface area contributed by atoms with Crippen LogP contribution >= 0.6 is 0 Å². The van der Waals surface area contributed by atoms with E-state index in [0.717, 1.165) is 58.4 Å². The van der Waals surface area contributed by atoms with Crippen LogP contribution in [-0.4, -0.2) is 81.3 Å². The fraction of sp³-hybridized carbons (Fsp3) is 1.00. The monoisotopic (exact) mass is 304 g/mol. The largest absolute Gasteiger partial charge is 0.314 e. The summed E-state index contributed by atoms with van der Waals surface area (Å²) < 4.78 is 28.3. The van der Waals surface area contributed by atoms with Crippen LogP contribution in [0, 0.1) is 0 Å². The summed E-state index contributed by atoms with van der Waals surface area (Å²) in [6, 6.07) is 0. The van der Waals surface area contributed by atoms with Crippen LogP contribution in [0.1, 0.15) is 25.7 Å². The molecule has 0 amide bonds. The Hall–Kier alpha value is -0.210. The third-order valence-corrected chi connectivity index (χ3v) is 6.21. The summed E-state index contributed by atoms with van der Waals surface area (Å²) in [5, 5.41) is 3.31. The quantitative estimate of drug-likeness (QED) is 0.773. The van der Waals surface area contributed by atoms with Gasteiger partial charge < -0.3 is 5.32 Å². The van der Waals surface area contributed by atoms with Crippen LogP contribution in [-0.2, 0) is 10.2 Å². The summed E-state index contributed by atoms with van der Waals surface area (Å²) in [4.78, 5) is 2.32. The molecule has 0 bridgehead atoms. The molecule has 0 spiro atoms. The molecule has 2 fully saturated rings. The summed E-state index contributed by atoms with van der Waals surface area (Å²) >= 11 is 0. The van der Waals surface area contributed by atoms with Gasteiger partial charge in [-0.05, 0) is 12.8 Å². The Balaban J connectivity index is 1.83. The predicted octanol–water partition coefficient (Wildman–Crippen LogP) is -0.0558. The van der Waals surface area contributed by atoms with Crippen molar-refractivity contribution in [3.05, 3.63) is 0 Å². The van der Waals surface area contributed by atoms with Crippen LogP contribution in [0.4, 0.5) is 0 Å². The van der Waals surface area contributed by atoms with Crippen LogP contribution in [0.3, 0.4) is 0 Å². The molecule has 20 heavy (non-hydrogen) atoms. The van der Waals surface area contributed by atoms with Gasteiger partial charge in [0.2, 0.25) is 0 Å². The van der Waals surface area contributed by atoms with Gasteiger partial charge in [-0.2, -0.15) is 17.0 Å². The molecular weight excluding hydrogens is 276 g/mol. The van der Waals surface area contributed by atoms with Gasteiger partial charge in [-0.3, -0.25) is 4.90 Å². The highest BCUT2D eigenvalue weighted by molar-refractivity contribution is 7.86. The van der Waals surface area contributed by atoms with E-state index in [1.807, 2.05) is 0 Å². The van der Waals surface area contributed by atoms with Crippen molar-refractivity contribution < 1.29 is 8.42 Å². The Morgan fingerprint density at radius 1 is 1.00 bits per heavy atom. The number of nitrogens with one attached hydrogen (secondary N) is 1. The molecule has 2 aliphatic rings. The number of likely N-dealkylation sites (N-methyl/N-ethyl adjacent to an activating group) is 1. The van der Waals surface area contributed by atoms with E-state index < -0.39 is 10.2 Å². The SMILES string of the molecule is CN(CCN1CCNCC1)S(=O)(=O)N1CCCCCC1. The molecule has 0 atom stereocenters. The fourth-order valence-corrected chi connectivity index (χ4v) is 4.23. The van der Waals surface area contributed by atoms with Crippen molar-refractivity contribution in [2.24, 2.45) is 0 Å². The minimum Gasteiger partial charge on any atom is -0.314 e. The zero-order valence-corrected chi connectivity index (χ0v) is 13.4. The van der Waals surface area contributed by atoms with Crippen molar-refractivity contribution in [1.29, 1.82) is 0 Å².